The molecule has 1 aromatic carbocycles. The molecular weight excluding hydrogens is 337 g/mol. The average molecular weight is 366 g/mol. The maximum atomic E-state index is 12.8. The third kappa shape index (κ3) is 6.91. The van der Waals surface area contributed by atoms with Crippen molar-refractivity contribution in [2.24, 2.45) is 5.41 Å². The van der Waals surface area contributed by atoms with Crippen LogP contribution >= 0.6 is 11.6 Å². The highest BCUT2D eigenvalue weighted by atomic mass is 35.5. The number of aromatic nitrogens is 2. The van der Waals surface area contributed by atoms with Gasteiger partial charge in [-0.2, -0.15) is 0 Å². The zero-order valence-electron chi connectivity index (χ0n) is 15.8. The molecule has 138 valence electrons. The van der Waals surface area contributed by atoms with Gasteiger partial charge in [-0.25, -0.2) is 9.37 Å². The van der Waals surface area contributed by atoms with Crippen LogP contribution in [0.2, 0.25) is 5.02 Å². The van der Waals surface area contributed by atoms with Crippen molar-refractivity contribution in [3.8, 4) is 0 Å². The van der Waals surface area contributed by atoms with Crippen LogP contribution in [0.15, 0.2) is 37.1 Å². The molecule has 1 aliphatic carbocycles. The number of benzene rings is 1. The Morgan fingerprint density at radius 3 is 2.40 bits per heavy atom. The van der Waals surface area contributed by atoms with E-state index in [0.717, 1.165) is 23.6 Å². The Morgan fingerprint density at radius 2 is 2.08 bits per heavy atom. The lowest BCUT2D eigenvalue weighted by atomic mass is 10.0. The van der Waals surface area contributed by atoms with Crippen LogP contribution in [0.3, 0.4) is 0 Å². The molecule has 0 aliphatic heterocycles. The van der Waals surface area contributed by atoms with E-state index in [1.807, 2.05) is 26.1 Å². The number of nitrogens with one attached hydrogen (secondary N) is 2. The van der Waals surface area contributed by atoms with Crippen LogP contribution in [-0.2, 0) is 0 Å². The number of anilines is 1. The summed E-state index contributed by atoms with van der Waals surface area (Å²) in [5, 5.41) is 3.12. The van der Waals surface area contributed by atoms with E-state index >= 15 is 0 Å². The minimum atomic E-state index is -0.330. The molecule has 1 aromatic heterocycles. The fourth-order valence-corrected chi connectivity index (χ4v) is 2.49. The summed E-state index contributed by atoms with van der Waals surface area (Å²) in [7, 11) is 1.83. The predicted octanol–water partition coefficient (Wildman–Crippen LogP) is 6.33. The molecule has 1 saturated carbocycles. The summed E-state index contributed by atoms with van der Waals surface area (Å²) in [6.07, 6.45) is 5.92. The molecule has 1 fully saturated rings. The van der Waals surface area contributed by atoms with E-state index in [2.05, 4.69) is 42.6 Å². The quantitative estimate of drug-likeness (QED) is 0.623. The van der Waals surface area contributed by atoms with Crippen LogP contribution in [0.25, 0.3) is 0 Å². The third-order valence-electron chi connectivity index (χ3n) is 4.09. The van der Waals surface area contributed by atoms with Crippen LogP contribution < -0.4 is 5.32 Å². The lowest BCUT2D eigenvalue weighted by Crippen LogP contribution is -1.90. The summed E-state index contributed by atoms with van der Waals surface area (Å²) in [5.41, 5.74) is 2.62. The van der Waals surface area contributed by atoms with Crippen molar-refractivity contribution in [1.29, 1.82) is 0 Å². The predicted molar refractivity (Wildman–Crippen MR) is 106 cm³/mol. The monoisotopic (exact) mass is 365 g/mol. The van der Waals surface area contributed by atoms with E-state index in [4.69, 9.17) is 11.6 Å². The van der Waals surface area contributed by atoms with E-state index in [0.29, 0.717) is 11.3 Å². The van der Waals surface area contributed by atoms with Gasteiger partial charge in [0.15, 0.2) is 5.95 Å². The fraction of sp³-hybridized carbons (Fsp3) is 0.450. The number of allylic oxidation sites excluding steroid dienone is 1. The molecule has 1 heterocycles. The number of hydrogen-bond donors (Lipinski definition) is 2. The number of aromatic amines is 1. The summed E-state index contributed by atoms with van der Waals surface area (Å²) >= 11 is 5.70. The van der Waals surface area contributed by atoms with E-state index in [-0.39, 0.29) is 10.8 Å². The Morgan fingerprint density at radius 1 is 1.48 bits per heavy atom. The molecule has 0 bridgehead atoms. The minimum absolute atomic E-state index is 0.236. The van der Waals surface area contributed by atoms with Crippen molar-refractivity contribution >= 4 is 17.5 Å². The normalized spacial score (nSPS) is 16.7. The Hall–Kier alpha value is -1.81. The van der Waals surface area contributed by atoms with E-state index in [1.165, 1.54) is 12.5 Å². The second-order valence-corrected chi connectivity index (χ2v) is 7.19. The van der Waals surface area contributed by atoms with Crippen molar-refractivity contribution in [1.82, 2.24) is 9.97 Å². The topological polar surface area (TPSA) is 40.7 Å². The molecule has 3 rings (SSSR count). The molecular formula is C20H29ClFN3. The molecule has 2 N–H and O–H groups in total. The Bertz CT molecular complexity index is 679. The molecule has 1 atom stereocenters. The van der Waals surface area contributed by atoms with Gasteiger partial charge in [-0.15, -0.1) is 6.58 Å². The number of imidazole rings is 1. The molecule has 5 heteroatoms. The first-order valence-electron chi connectivity index (χ1n) is 8.50. The molecule has 0 radical (unpaired) electrons. The fourth-order valence-electron chi connectivity index (χ4n) is 2.31. The van der Waals surface area contributed by atoms with Gasteiger partial charge >= 0.3 is 0 Å². The van der Waals surface area contributed by atoms with Gasteiger partial charge in [-0.3, -0.25) is 0 Å². The summed E-state index contributed by atoms with van der Waals surface area (Å²) in [4.78, 5) is 6.97. The highest BCUT2D eigenvalue weighted by Gasteiger charge is 2.46. The van der Waals surface area contributed by atoms with Gasteiger partial charge in [0.25, 0.3) is 0 Å². The Balaban J connectivity index is 0.000000223. The van der Waals surface area contributed by atoms with Crippen molar-refractivity contribution in [3.05, 3.63) is 59.1 Å². The molecule has 1 aliphatic rings. The highest BCUT2D eigenvalue weighted by Crippen LogP contribution is 2.58. The maximum Gasteiger partial charge on any atom is 0.200 e. The molecule has 25 heavy (non-hydrogen) atoms. The zero-order chi connectivity index (χ0) is 19.0. The molecule has 0 unspecified atom stereocenters. The van der Waals surface area contributed by atoms with Crippen LogP contribution in [0.5, 0.6) is 0 Å². The number of hydrogen-bond acceptors (Lipinski definition) is 2. The Kier molecular flexibility index (Phi) is 8.17. The van der Waals surface area contributed by atoms with Gasteiger partial charge in [-0.1, -0.05) is 44.5 Å². The van der Waals surface area contributed by atoms with Gasteiger partial charge < -0.3 is 10.3 Å². The van der Waals surface area contributed by atoms with Gasteiger partial charge in [0.05, 0.1) is 5.02 Å². The molecule has 3 nitrogen and oxygen atoms in total. The molecule has 0 saturated heterocycles. The largest absolute Gasteiger partial charge is 0.359 e. The van der Waals surface area contributed by atoms with Gasteiger partial charge in [-0.05, 0) is 48.8 Å². The van der Waals surface area contributed by atoms with E-state index < -0.39 is 0 Å². The van der Waals surface area contributed by atoms with Crippen molar-refractivity contribution in [2.45, 2.75) is 46.5 Å². The van der Waals surface area contributed by atoms with Crippen molar-refractivity contribution in [2.75, 3.05) is 12.4 Å². The minimum Gasteiger partial charge on any atom is -0.359 e. The standard InChI is InChI=1S/C11H12ClF.C5H9N3.C4H8/c1-11(2)6-8(11)7-3-4-10(13)9(12)5-7;1-4-3-7-5(6-2)8-4;1-3-4-2/h3-5,8H,6H2,1-2H3;3H,1-2H3,(H2,6,7,8);3H,1,4H2,2H3/t8-;;/m0../s1. The first-order chi connectivity index (χ1) is 11.7. The smallest absolute Gasteiger partial charge is 0.200 e. The summed E-state index contributed by atoms with van der Waals surface area (Å²) in [5.74, 6) is 1.05. The lowest BCUT2D eigenvalue weighted by Gasteiger charge is -2.04. The number of halogens is 2. The Labute approximate surface area is 155 Å². The summed E-state index contributed by atoms with van der Waals surface area (Å²) in [6.45, 7) is 11.9. The van der Waals surface area contributed by atoms with Crippen molar-refractivity contribution in [3.63, 3.8) is 0 Å². The van der Waals surface area contributed by atoms with Gasteiger partial charge in [0.2, 0.25) is 0 Å². The van der Waals surface area contributed by atoms with Crippen LogP contribution in [0.1, 0.15) is 50.8 Å². The second kappa shape index (κ2) is 9.62. The summed E-state index contributed by atoms with van der Waals surface area (Å²) < 4.78 is 12.8. The van der Waals surface area contributed by atoms with Crippen LogP contribution in [-0.4, -0.2) is 17.0 Å². The number of aryl methyl sites for hydroxylation is 1. The average Bonchev–Trinajstić information content (AvgIpc) is 3.02. The number of rotatable bonds is 3. The zero-order valence-corrected chi connectivity index (χ0v) is 16.5. The molecule has 0 spiro atoms. The van der Waals surface area contributed by atoms with Crippen LogP contribution in [0, 0.1) is 18.2 Å². The van der Waals surface area contributed by atoms with Crippen LogP contribution in [0.4, 0.5) is 10.3 Å². The third-order valence-corrected chi connectivity index (χ3v) is 4.38. The second-order valence-electron chi connectivity index (χ2n) is 6.78. The van der Waals surface area contributed by atoms with E-state index in [1.54, 1.807) is 12.3 Å². The summed E-state index contributed by atoms with van der Waals surface area (Å²) in [6, 6.07) is 5.03. The molecule has 2 aromatic rings. The lowest BCUT2D eigenvalue weighted by molar-refractivity contribution is 0.614. The highest BCUT2D eigenvalue weighted by molar-refractivity contribution is 6.30. The number of nitrogens with zero attached hydrogens (tertiary/aromatic N) is 1. The first kappa shape index (κ1) is 21.2. The van der Waals surface area contributed by atoms with E-state index in [9.17, 15) is 4.39 Å². The van der Waals surface area contributed by atoms with Gasteiger partial charge in [0.1, 0.15) is 5.82 Å². The van der Waals surface area contributed by atoms with Crippen molar-refractivity contribution < 1.29 is 4.39 Å². The number of H-pyrrole nitrogens is 1. The first-order valence-corrected chi connectivity index (χ1v) is 8.88. The molecule has 0 amide bonds. The SMILES string of the molecule is C=CCC.CC1(C)C[C@H]1c1ccc(F)c(Cl)c1.CNc1ncc(C)[nH]1. The van der Waals surface area contributed by atoms with Gasteiger partial charge in [0, 0.05) is 18.9 Å². The maximum absolute atomic E-state index is 12.8.